The Morgan fingerprint density at radius 3 is 2.48 bits per heavy atom. The molecule has 9 heteroatoms. The van der Waals surface area contributed by atoms with Gasteiger partial charge in [-0.3, -0.25) is 9.59 Å². The minimum absolute atomic E-state index is 0.0443. The van der Waals surface area contributed by atoms with Crippen LogP contribution in [-0.2, 0) is 17.0 Å². The molecule has 1 aliphatic rings. The maximum atomic E-state index is 12.7. The van der Waals surface area contributed by atoms with E-state index in [2.05, 4.69) is 28.7 Å². The molecule has 0 unspecified atom stereocenters. The summed E-state index contributed by atoms with van der Waals surface area (Å²) in [6.07, 6.45) is 1.90. The van der Waals surface area contributed by atoms with Crippen LogP contribution in [0.4, 0.5) is 5.82 Å². The molecule has 0 aromatic carbocycles. The first-order chi connectivity index (χ1) is 14.9. The van der Waals surface area contributed by atoms with Crippen LogP contribution in [0.25, 0.3) is 0 Å². The number of amides is 2. The summed E-state index contributed by atoms with van der Waals surface area (Å²) in [6, 6.07) is 5.59. The zero-order valence-electron chi connectivity index (χ0n) is 18.8. The van der Waals surface area contributed by atoms with Gasteiger partial charge in [0.05, 0.1) is 5.75 Å². The quantitative estimate of drug-likeness (QED) is 0.456. The highest BCUT2D eigenvalue weighted by Gasteiger charge is 2.25. The van der Waals surface area contributed by atoms with Gasteiger partial charge >= 0.3 is 0 Å². The summed E-state index contributed by atoms with van der Waals surface area (Å²) < 4.78 is 5.81. The molecule has 1 aliphatic heterocycles. The topological polar surface area (TPSA) is 82.8 Å². The Balaban J connectivity index is 1.61. The molecule has 0 N–H and O–H groups in total. The molecule has 0 bridgehead atoms. The maximum Gasteiger partial charge on any atom is 0.289 e. The monoisotopic (exact) mass is 445 g/mol. The summed E-state index contributed by atoms with van der Waals surface area (Å²) >= 11 is 1.51. The van der Waals surface area contributed by atoms with E-state index in [9.17, 15) is 9.59 Å². The lowest BCUT2D eigenvalue weighted by molar-refractivity contribution is -0.130. The molecule has 8 nitrogen and oxygen atoms in total. The highest BCUT2D eigenvalue weighted by atomic mass is 32.2. The molecule has 1 fully saturated rings. The third-order valence-corrected chi connectivity index (χ3v) is 6.16. The number of rotatable bonds is 8. The highest BCUT2D eigenvalue weighted by Crippen LogP contribution is 2.24. The van der Waals surface area contributed by atoms with Crippen LogP contribution in [0.2, 0.25) is 0 Å². The fourth-order valence-corrected chi connectivity index (χ4v) is 4.20. The van der Waals surface area contributed by atoms with Crippen molar-refractivity contribution in [1.82, 2.24) is 19.8 Å². The molecule has 3 rings (SSSR count). The van der Waals surface area contributed by atoms with Gasteiger partial charge in [0, 0.05) is 58.5 Å². The van der Waals surface area contributed by atoms with Crippen LogP contribution in [0.1, 0.15) is 49.2 Å². The Bertz CT molecular complexity index is 908. The second-order valence-corrected chi connectivity index (χ2v) is 8.57. The van der Waals surface area contributed by atoms with Gasteiger partial charge < -0.3 is 19.1 Å². The first-order valence-corrected chi connectivity index (χ1v) is 11.7. The van der Waals surface area contributed by atoms with Gasteiger partial charge in [-0.1, -0.05) is 25.6 Å². The van der Waals surface area contributed by atoms with Crippen molar-refractivity contribution in [3.05, 3.63) is 35.4 Å². The van der Waals surface area contributed by atoms with E-state index in [1.54, 1.807) is 22.8 Å². The van der Waals surface area contributed by atoms with Crippen molar-refractivity contribution in [2.75, 3.05) is 44.7 Å². The second-order valence-electron chi connectivity index (χ2n) is 7.63. The Hall–Kier alpha value is -2.55. The van der Waals surface area contributed by atoms with Gasteiger partial charge in [0.25, 0.3) is 5.91 Å². The molecule has 2 aromatic rings. The van der Waals surface area contributed by atoms with E-state index in [0.29, 0.717) is 48.6 Å². The molecule has 0 atom stereocenters. The van der Waals surface area contributed by atoms with Crippen molar-refractivity contribution in [1.29, 1.82) is 0 Å². The number of hydrogen-bond acceptors (Lipinski definition) is 7. The highest BCUT2D eigenvalue weighted by molar-refractivity contribution is 7.98. The number of aryl methyl sites for hydroxylation is 1. The third kappa shape index (κ3) is 6.00. The lowest BCUT2D eigenvalue weighted by Crippen LogP contribution is -2.50. The van der Waals surface area contributed by atoms with Gasteiger partial charge in [-0.2, -0.15) is 0 Å². The van der Waals surface area contributed by atoms with Gasteiger partial charge in [-0.15, -0.1) is 0 Å². The predicted octanol–water partition coefficient (Wildman–Crippen LogP) is 3.07. The van der Waals surface area contributed by atoms with E-state index in [4.69, 9.17) is 4.42 Å². The standard InChI is InChI=1S/C22H31N5O3S/c1-5-9-25(4)20-14-17(6-2)23-22(24-20)31-15-18-7-8-19(30-18)21(29)27-12-10-26(11-13-27)16(3)28/h7-8,14H,5-6,9-13,15H2,1-4H3. The van der Waals surface area contributed by atoms with Crippen LogP contribution < -0.4 is 4.90 Å². The second kappa shape index (κ2) is 10.7. The fourth-order valence-electron chi connectivity index (χ4n) is 3.44. The van der Waals surface area contributed by atoms with E-state index in [1.807, 2.05) is 19.2 Å². The van der Waals surface area contributed by atoms with Crippen molar-refractivity contribution in [2.45, 2.75) is 44.5 Å². The van der Waals surface area contributed by atoms with Crippen molar-refractivity contribution in [3.8, 4) is 0 Å². The Kier molecular flexibility index (Phi) is 7.95. The average Bonchev–Trinajstić information content (AvgIpc) is 3.26. The zero-order valence-corrected chi connectivity index (χ0v) is 19.6. The molecular weight excluding hydrogens is 414 g/mol. The van der Waals surface area contributed by atoms with Crippen LogP contribution in [0.5, 0.6) is 0 Å². The molecule has 168 valence electrons. The number of carbonyl (C=O) groups excluding carboxylic acids is 2. The van der Waals surface area contributed by atoms with Crippen molar-refractivity contribution in [2.24, 2.45) is 0 Å². The van der Waals surface area contributed by atoms with Gasteiger partial charge in [0.1, 0.15) is 11.6 Å². The number of furan rings is 1. The summed E-state index contributed by atoms with van der Waals surface area (Å²) in [5.41, 5.74) is 1.01. The predicted molar refractivity (Wildman–Crippen MR) is 121 cm³/mol. The fraction of sp³-hybridized carbons (Fsp3) is 0.545. The molecule has 2 amide bonds. The van der Waals surface area contributed by atoms with E-state index in [0.717, 1.165) is 30.9 Å². The van der Waals surface area contributed by atoms with Gasteiger partial charge in [0.15, 0.2) is 10.9 Å². The molecule has 0 aliphatic carbocycles. The Labute approximate surface area is 188 Å². The number of anilines is 1. The van der Waals surface area contributed by atoms with Crippen LogP contribution in [0.3, 0.4) is 0 Å². The van der Waals surface area contributed by atoms with Gasteiger partial charge in [0.2, 0.25) is 5.91 Å². The number of hydrogen-bond donors (Lipinski definition) is 0. The largest absolute Gasteiger partial charge is 0.455 e. The zero-order chi connectivity index (χ0) is 22.4. The average molecular weight is 446 g/mol. The third-order valence-electron chi connectivity index (χ3n) is 5.29. The Morgan fingerprint density at radius 1 is 1.13 bits per heavy atom. The van der Waals surface area contributed by atoms with Crippen molar-refractivity contribution in [3.63, 3.8) is 0 Å². The maximum absolute atomic E-state index is 12.7. The van der Waals surface area contributed by atoms with Gasteiger partial charge in [-0.05, 0) is 25.0 Å². The minimum Gasteiger partial charge on any atom is -0.455 e. The molecule has 1 saturated heterocycles. The van der Waals surface area contributed by atoms with E-state index in [-0.39, 0.29) is 11.8 Å². The summed E-state index contributed by atoms with van der Waals surface area (Å²) in [7, 11) is 2.04. The molecule has 0 spiro atoms. The van der Waals surface area contributed by atoms with Crippen LogP contribution >= 0.6 is 11.8 Å². The lowest BCUT2D eigenvalue weighted by atomic mass is 10.3. The van der Waals surface area contributed by atoms with Crippen molar-refractivity contribution < 1.29 is 14.0 Å². The molecule has 0 radical (unpaired) electrons. The first-order valence-electron chi connectivity index (χ1n) is 10.8. The SMILES string of the molecule is CCCN(C)c1cc(CC)nc(SCc2ccc(C(=O)N3CCN(C(C)=O)CC3)o2)n1. The summed E-state index contributed by atoms with van der Waals surface area (Å²) in [6.45, 7) is 8.89. The Morgan fingerprint density at radius 2 is 1.84 bits per heavy atom. The molecule has 0 saturated carbocycles. The van der Waals surface area contributed by atoms with E-state index >= 15 is 0 Å². The summed E-state index contributed by atoms with van der Waals surface area (Å²) in [5.74, 6) is 2.43. The summed E-state index contributed by atoms with van der Waals surface area (Å²) in [4.78, 5) is 39.1. The smallest absolute Gasteiger partial charge is 0.289 e. The normalized spacial score (nSPS) is 14.1. The minimum atomic E-state index is -0.132. The van der Waals surface area contributed by atoms with Crippen LogP contribution in [0.15, 0.2) is 27.8 Å². The van der Waals surface area contributed by atoms with Crippen LogP contribution in [0, 0.1) is 0 Å². The van der Waals surface area contributed by atoms with Crippen molar-refractivity contribution >= 4 is 29.4 Å². The number of carbonyl (C=O) groups is 2. The number of nitrogens with zero attached hydrogens (tertiary/aromatic N) is 5. The summed E-state index contributed by atoms with van der Waals surface area (Å²) in [5, 5.41) is 0.710. The van der Waals surface area contributed by atoms with E-state index < -0.39 is 0 Å². The lowest BCUT2D eigenvalue weighted by Gasteiger charge is -2.33. The number of thioether (sulfide) groups is 1. The van der Waals surface area contributed by atoms with Gasteiger partial charge in [-0.25, -0.2) is 9.97 Å². The van der Waals surface area contributed by atoms with Crippen LogP contribution in [-0.4, -0.2) is 71.4 Å². The molecule has 31 heavy (non-hydrogen) atoms. The number of aromatic nitrogens is 2. The molecule has 2 aromatic heterocycles. The first kappa shape index (κ1) is 23.1. The molecular formula is C22H31N5O3S. The molecule has 3 heterocycles. The number of piperazine rings is 1. The van der Waals surface area contributed by atoms with E-state index in [1.165, 1.54) is 11.8 Å².